The Balaban J connectivity index is 1.56. The van der Waals surface area contributed by atoms with Crippen LogP contribution in [0.15, 0.2) is 53.5 Å². The molecule has 0 saturated carbocycles. The molecule has 9 heteroatoms. The third kappa shape index (κ3) is 4.66. The van der Waals surface area contributed by atoms with Crippen molar-refractivity contribution in [1.82, 2.24) is 4.90 Å². The van der Waals surface area contributed by atoms with Crippen molar-refractivity contribution in [3.05, 3.63) is 64.7 Å². The zero-order valence-corrected chi connectivity index (χ0v) is 18.7. The largest absolute Gasteiger partial charge is 0.497 e. The lowest BCUT2D eigenvalue weighted by molar-refractivity contribution is -0.117. The summed E-state index contributed by atoms with van der Waals surface area (Å²) >= 11 is 7.69. The van der Waals surface area contributed by atoms with Gasteiger partial charge in [-0.3, -0.25) is 4.79 Å². The number of sulfone groups is 1. The van der Waals surface area contributed by atoms with Gasteiger partial charge in [0, 0.05) is 16.8 Å². The summed E-state index contributed by atoms with van der Waals surface area (Å²) in [6, 6.07) is 14.5. The average molecular weight is 465 g/mol. The number of nitrogens with zero attached hydrogens (tertiary/aromatic N) is 2. The first-order valence-corrected chi connectivity index (χ1v) is 12.5. The van der Waals surface area contributed by atoms with Crippen LogP contribution in [0.2, 0.25) is 5.02 Å². The van der Waals surface area contributed by atoms with Gasteiger partial charge in [-0.05, 0) is 29.3 Å². The Hall–Kier alpha value is -2.03. The second-order valence-electron chi connectivity index (χ2n) is 7.33. The van der Waals surface area contributed by atoms with Crippen molar-refractivity contribution in [1.29, 1.82) is 0 Å². The maximum atomic E-state index is 12.6. The minimum atomic E-state index is -3.10. The van der Waals surface area contributed by atoms with Gasteiger partial charge in [0.1, 0.15) is 5.75 Å². The summed E-state index contributed by atoms with van der Waals surface area (Å²) in [5.41, 5.74) is 1.72. The van der Waals surface area contributed by atoms with Crippen molar-refractivity contribution in [2.45, 2.75) is 24.3 Å². The number of methoxy groups -OCH3 is 1. The van der Waals surface area contributed by atoms with Gasteiger partial charge in [-0.2, -0.15) is 4.99 Å². The highest BCUT2D eigenvalue weighted by Gasteiger charge is 2.48. The van der Waals surface area contributed by atoms with Crippen molar-refractivity contribution in [2.75, 3.05) is 18.6 Å². The van der Waals surface area contributed by atoms with Crippen molar-refractivity contribution in [2.24, 2.45) is 4.99 Å². The van der Waals surface area contributed by atoms with E-state index in [1.54, 1.807) is 25.3 Å². The van der Waals surface area contributed by atoms with E-state index in [2.05, 4.69) is 4.99 Å². The minimum absolute atomic E-state index is 0.0702. The fraction of sp³-hybridized carbons (Fsp3) is 0.333. The molecule has 0 radical (unpaired) electrons. The highest BCUT2D eigenvalue weighted by atomic mass is 35.5. The molecular formula is C21H21ClN2O4S2. The number of rotatable bonds is 5. The van der Waals surface area contributed by atoms with Crippen LogP contribution in [0.5, 0.6) is 5.75 Å². The third-order valence-corrected chi connectivity index (χ3v) is 8.82. The third-order valence-electron chi connectivity index (χ3n) is 5.21. The number of benzene rings is 2. The molecule has 30 heavy (non-hydrogen) atoms. The molecule has 2 aromatic rings. The van der Waals surface area contributed by atoms with Crippen LogP contribution in [0.25, 0.3) is 0 Å². The Bertz CT molecular complexity index is 1090. The zero-order valence-electron chi connectivity index (χ0n) is 16.3. The lowest BCUT2D eigenvalue weighted by Crippen LogP contribution is -2.37. The Kier molecular flexibility index (Phi) is 6.09. The van der Waals surface area contributed by atoms with Gasteiger partial charge in [0.25, 0.3) is 5.91 Å². The normalized spacial score (nSPS) is 23.5. The van der Waals surface area contributed by atoms with Gasteiger partial charge in [0.05, 0.1) is 31.1 Å². The van der Waals surface area contributed by atoms with Crippen molar-refractivity contribution >= 4 is 44.3 Å². The predicted octanol–water partition coefficient (Wildman–Crippen LogP) is 3.19. The Morgan fingerprint density at radius 2 is 1.93 bits per heavy atom. The second-order valence-corrected chi connectivity index (χ2v) is 11.1. The second kappa shape index (κ2) is 8.61. The van der Waals surface area contributed by atoms with Crippen LogP contribution in [0.3, 0.4) is 0 Å². The number of thioether (sulfide) groups is 1. The maximum Gasteiger partial charge on any atom is 0.252 e. The van der Waals surface area contributed by atoms with E-state index in [-0.39, 0.29) is 35.1 Å². The average Bonchev–Trinajstić information content (AvgIpc) is 3.16. The van der Waals surface area contributed by atoms with Gasteiger partial charge in [0.2, 0.25) is 0 Å². The van der Waals surface area contributed by atoms with E-state index in [9.17, 15) is 13.2 Å². The molecule has 2 aliphatic rings. The van der Waals surface area contributed by atoms with Gasteiger partial charge >= 0.3 is 0 Å². The fourth-order valence-electron chi connectivity index (χ4n) is 3.69. The molecule has 158 valence electrons. The fourth-order valence-corrected chi connectivity index (χ4v) is 7.86. The van der Waals surface area contributed by atoms with Crippen molar-refractivity contribution in [3.8, 4) is 5.75 Å². The summed E-state index contributed by atoms with van der Waals surface area (Å²) in [6.45, 7) is 0.415. The quantitative estimate of drug-likeness (QED) is 0.676. The SMILES string of the molecule is COc1ccc(CC(=O)N=C2S[C@H]3CS(=O)(=O)C[C@@H]3N2Cc2ccccc2Cl)cc1. The molecule has 2 fully saturated rings. The lowest BCUT2D eigenvalue weighted by atomic mass is 10.1. The number of hydrogen-bond acceptors (Lipinski definition) is 5. The highest BCUT2D eigenvalue weighted by molar-refractivity contribution is 8.15. The minimum Gasteiger partial charge on any atom is -0.497 e. The Morgan fingerprint density at radius 3 is 2.63 bits per heavy atom. The summed E-state index contributed by atoms with van der Waals surface area (Å²) in [5, 5.41) is 1.05. The molecule has 0 aromatic heterocycles. The first-order valence-electron chi connectivity index (χ1n) is 9.46. The smallest absolute Gasteiger partial charge is 0.252 e. The first kappa shape index (κ1) is 21.2. The predicted molar refractivity (Wildman–Crippen MR) is 120 cm³/mol. The van der Waals surface area contributed by atoms with Gasteiger partial charge in [-0.1, -0.05) is 53.7 Å². The molecule has 6 nitrogen and oxygen atoms in total. The van der Waals surface area contributed by atoms with Crippen molar-refractivity contribution in [3.63, 3.8) is 0 Å². The molecule has 0 spiro atoms. The molecule has 0 N–H and O–H groups in total. The van der Waals surface area contributed by atoms with Gasteiger partial charge in [0.15, 0.2) is 15.0 Å². The summed E-state index contributed by atoms with van der Waals surface area (Å²) in [7, 11) is -1.50. The number of ether oxygens (including phenoxy) is 1. The lowest BCUT2D eigenvalue weighted by Gasteiger charge is -2.25. The topological polar surface area (TPSA) is 76.0 Å². The van der Waals surface area contributed by atoms with Crippen LogP contribution in [0.4, 0.5) is 0 Å². The maximum absolute atomic E-state index is 12.6. The van der Waals surface area contributed by atoms with E-state index in [4.69, 9.17) is 16.3 Å². The summed E-state index contributed by atoms with van der Waals surface area (Å²) < 4.78 is 29.4. The van der Waals surface area contributed by atoms with Crippen LogP contribution in [0, 0.1) is 0 Å². The van der Waals surface area contributed by atoms with Crippen LogP contribution in [-0.4, -0.2) is 54.3 Å². The molecular weight excluding hydrogens is 444 g/mol. The van der Waals surface area contributed by atoms with Gasteiger partial charge in [-0.25, -0.2) is 8.42 Å². The number of halogens is 1. The molecule has 2 aliphatic heterocycles. The van der Waals surface area contributed by atoms with Gasteiger partial charge in [-0.15, -0.1) is 0 Å². The van der Waals surface area contributed by atoms with Crippen molar-refractivity contribution < 1.29 is 17.9 Å². The number of amides is 1. The van der Waals surface area contributed by atoms with E-state index in [0.29, 0.717) is 16.7 Å². The highest BCUT2D eigenvalue weighted by Crippen LogP contribution is 2.39. The molecule has 2 aromatic carbocycles. The Labute approximate surface area is 185 Å². The molecule has 2 heterocycles. The van der Waals surface area contributed by atoms with Crippen LogP contribution >= 0.6 is 23.4 Å². The number of fused-ring (bicyclic) bond motifs is 1. The monoisotopic (exact) mass is 464 g/mol. The van der Waals surface area contributed by atoms with E-state index >= 15 is 0 Å². The molecule has 4 rings (SSSR count). The number of hydrogen-bond donors (Lipinski definition) is 0. The van der Waals surface area contributed by atoms with Gasteiger partial charge < -0.3 is 9.64 Å². The summed E-state index contributed by atoms with van der Waals surface area (Å²) in [6.07, 6.45) is 0.168. The molecule has 0 bridgehead atoms. The van der Waals surface area contributed by atoms with Crippen LogP contribution in [0.1, 0.15) is 11.1 Å². The standard InChI is InChI=1S/C21H21ClN2O4S2/c1-28-16-8-6-14(7-9-16)10-20(25)23-21-24(11-15-4-2-3-5-17(15)22)18-12-30(26,27)13-19(18)29-21/h2-9,18-19H,10-13H2,1H3/t18-,19-/m0/s1. The molecule has 0 unspecified atom stereocenters. The summed E-state index contributed by atoms with van der Waals surface area (Å²) in [4.78, 5) is 18.9. The number of carbonyl (C=O) groups excluding carboxylic acids is 1. The van der Waals surface area contributed by atoms with Crippen LogP contribution < -0.4 is 4.74 Å². The summed E-state index contributed by atoms with van der Waals surface area (Å²) in [5.74, 6) is 0.631. The van der Waals surface area contributed by atoms with E-state index in [0.717, 1.165) is 16.9 Å². The molecule has 2 saturated heterocycles. The molecule has 0 aliphatic carbocycles. The number of aliphatic imine (C=N–C) groups is 1. The first-order chi connectivity index (χ1) is 14.3. The molecule has 1 amide bonds. The van der Waals surface area contributed by atoms with Crippen LogP contribution in [-0.2, 0) is 27.6 Å². The van der Waals surface area contributed by atoms with E-state index in [1.807, 2.05) is 35.2 Å². The Morgan fingerprint density at radius 1 is 1.20 bits per heavy atom. The number of amidine groups is 1. The zero-order chi connectivity index (χ0) is 21.3. The number of carbonyl (C=O) groups is 1. The van der Waals surface area contributed by atoms with E-state index < -0.39 is 9.84 Å². The molecule has 2 atom stereocenters. The van der Waals surface area contributed by atoms with E-state index in [1.165, 1.54) is 11.8 Å².